The third-order valence-corrected chi connectivity index (χ3v) is 8.34. The Balaban J connectivity index is 0.00000115. The Hall–Kier alpha value is -2.33. The van der Waals surface area contributed by atoms with Crippen molar-refractivity contribution in [3.63, 3.8) is 0 Å². The molecule has 0 aliphatic heterocycles. The fraction of sp³-hybridized carbons (Fsp3) is 0.714. The van der Waals surface area contributed by atoms with Crippen molar-refractivity contribution in [2.24, 2.45) is 0 Å². The highest BCUT2D eigenvalue weighted by molar-refractivity contribution is 8.13. The molecule has 2 rings (SSSR count). The van der Waals surface area contributed by atoms with E-state index in [9.17, 15) is 27.0 Å². The molecule has 0 saturated heterocycles. The third kappa shape index (κ3) is 42.7. The van der Waals surface area contributed by atoms with E-state index in [2.05, 4.69) is 10.7 Å². The number of methoxy groups -OCH3 is 2. The van der Waals surface area contributed by atoms with Crippen LogP contribution in [0.15, 0.2) is 36.4 Å². The van der Waals surface area contributed by atoms with Crippen LogP contribution in [0.2, 0.25) is 0 Å². The molecule has 0 radical (unpaired) electrons. The maximum Gasteiger partial charge on any atom is 0.264 e. The Kier molecular flexibility index (Phi) is 41.4. The molecule has 0 spiro atoms. The molecule has 0 aromatic heterocycles. The molecule has 20 nitrogen and oxygen atoms in total. The van der Waals surface area contributed by atoms with E-state index < -0.39 is 19.2 Å². The van der Waals surface area contributed by atoms with Crippen molar-refractivity contribution in [2.75, 3.05) is 172 Å². The van der Waals surface area contributed by atoms with Crippen LogP contribution in [-0.2, 0) is 96.8 Å². The lowest BCUT2D eigenvalue weighted by Gasteiger charge is -2.12. The first kappa shape index (κ1) is 62.7. The summed E-state index contributed by atoms with van der Waals surface area (Å²) in [5.41, 5.74) is 3.14. The SMILES string of the molecule is COCCOCCOCCOCCOCCOc1ccc(CCO)cc1CO.COCCOCCOCCOCCOCCOc1ccc(CCOS(C)(=O)=O)cc1CO.CS(=O)(=O)Cl. The normalized spacial score (nSPS) is 11.4. The second-order valence-electron chi connectivity index (χ2n) is 13.2. The van der Waals surface area contributed by atoms with Gasteiger partial charge in [0.15, 0.2) is 0 Å². The first-order valence-electron chi connectivity index (χ1n) is 20.9. The molecule has 0 amide bonds. The van der Waals surface area contributed by atoms with Crippen LogP contribution >= 0.6 is 10.7 Å². The second-order valence-corrected chi connectivity index (χ2v) is 17.9. The molecule has 0 aliphatic rings. The van der Waals surface area contributed by atoms with Gasteiger partial charge in [-0.25, -0.2) is 8.42 Å². The summed E-state index contributed by atoms with van der Waals surface area (Å²) in [4.78, 5) is 0. The molecule has 380 valence electrons. The molecule has 2 aromatic carbocycles. The molecule has 0 aliphatic carbocycles. The Bertz CT molecular complexity index is 1610. The number of hydrogen-bond acceptors (Lipinski definition) is 20. The summed E-state index contributed by atoms with van der Waals surface area (Å²) in [6.45, 7) is 9.70. The summed E-state index contributed by atoms with van der Waals surface area (Å²) < 4.78 is 110. The summed E-state index contributed by atoms with van der Waals surface area (Å²) in [6.07, 6.45) is 2.91. The number of rotatable bonds is 40. The number of halogens is 1. The number of aliphatic hydroxyl groups is 3. The molecule has 65 heavy (non-hydrogen) atoms. The standard InChI is InChI=1S/C21H36O10S.C20H34O8.CH3ClO2S/c1-25-7-8-26-9-10-27-11-12-28-13-14-29-15-16-30-21-4-3-19(17-20(21)18-22)5-6-31-32(2,23)24;1-23-6-7-24-8-9-25-10-11-26-12-13-27-14-15-28-20-3-2-18(4-5-21)16-19(20)17-22;1-5(2,3)4/h3-4,17,22H,5-16,18H2,1-2H3;2-3,16,21-22H,4-15,17H2,1H3;1H3. The summed E-state index contributed by atoms with van der Waals surface area (Å²) in [5, 5.41) is 27.9. The topological polar surface area (TPSA) is 249 Å². The van der Waals surface area contributed by atoms with Gasteiger partial charge in [0, 0.05) is 42.6 Å². The van der Waals surface area contributed by atoms with Crippen molar-refractivity contribution in [3.8, 4) is 11.5 Å². The van der Waals surface area contributed by atoms with Gasteiger partial charge in [-0.1, -0.05) is 12.1 Å². The zero-order chi connectivity index (χ0) is 48.3. The Morgan fingerprint density at radius 3 is 1.02 bits per heavy atom. The lowest BCUT2D eigenvalue weighted by Crippen LogP contribution is -2.14. The number of benzene rings is 2. The van der Waals surface area contributed by atoms with E-state index in [0.717, 1.165) is 23.6 Å². The zero-order valence-electron chi connectivity index (χ0n) is 38.3. The number of hydrogen-bond donors (Lipinski definition) is 3. The first-order valence-corrected chi connectivity index (χ1v) is 25.5. The lowest BCUT2D eigenvalue weighted by molar-refractivity contribution is -0.00982. The molecular weight excluding hydrogens is 924 g/mol. The summed E-state index contributed by atoms with van der Waals surface area (Å²) in [7, 11) is 1.11. The van der Waals surface area contributed by atoms with Gasteiger partial charge in [-0.3, -0.25) is 4.18 Å². The van der Waals surface area contributed by atoms with Crippen LogP contribution < -0.4 is 9.47 Å². The molecule has 0 fully saturated rings. The van der Waals surface area contributed by atoms with Crippen molar-refractivity contribution in [1.29, 1.82) is 0 Å². The van der Waals surface area contributed by atoms with Gasteiger partial charge in [-0.15, -0.1) is 0 Å². The highest BCUT2D eigenvalue weighted by Gasteiger charge is 2.08. The molecule has 3 N–H and O–H groups in total. The molecule has 0 saturated carbocycles. The van der Waals surface area contributed by atoms with Crippen molar-refractivity contribution in [2.45, 2.75) is 26.1 Å². The molecule has 0 heterocycles. The van der Waals surface area contributed by atoms with Gasteiger partial charge < -0.3 is 72.2 Å². The first-order chi connectivity index (χ1) is 31.3. The van der Waals surface area contributed by atoms with Crippen LogP contribution in [0, 0.1) is 0 Å². The molecule has 0 unspecified atom stereocenters. The van der Waals surface area contributed by atoms with Crippen LogP contribution in [-0.4, -0.2) is 204 Å². The van der Waals surface area contributed by atoms with Crippen LogP contribution in [0.25, 0.3) is 0 Å². The van der Waals surface area contributed by atoms with Gasteiger partial charge in [0.1, 0.15) is 24.7 Å². The van der Waals surface area contributed by atoms with E-state index in [4.69, 9.17) is 66.1 Å². The maximum atomic E-state index is 11.0. The highest BCUT2D eigenvalue weighted by atomic mass is 35.7. The van der Waals surface area contributed by atoms with E-state index in [1.54, 1.807) is 26.4 Å². The summed E-state index contributed by atoms with van der Waals surface area (Å²) in [5.74, 6) is 1.19. The third-order valence-electron chi connectivity index (χ3n) is 7.75. The van der Waals surface area contributed by atoms with Gasteiger partial charge in [0.25, 0.3) is 10.1 Å². The minimum Gasteiger partial charge on any atom is -0.491 e. The monoisotopic (exact) mass is 996 g/mol. The Labute approximate surface area is 390 Å². The van der Waals surface area contributed by atoms with Crippen LogP contribution in [0.4, 0.5) is 0 Å². The van der Waals surface area contributed by atoms with Crippen LogP contribution in [0.5, 0.6) is 11.5 Å². The quantitative estimate of drug-likeness (QED) is 0.0489. The highest BCUT2D eigenvalue weighted by Crippen LogP contribution is 2.22. The second kappa shape index (κ2) is 43.0. The van der Waals surface area contributed by atoms with Gasteiger partial charge in [-0.05, 0) is 48.2 Å². The van der Waals surface area contributed by atoms with Crippen molar-refractivity contribution < 1.29 is 93.2 Å². The van der Waals surface area contributed by atoms with Crippen molar-refractivity contribution in [3.05, 3.63) is 58.7 Å². The minimum absolute atomic E-state index is 0.0508. The molecule has 23 heteroatoms. The number of ether oxygens (including phenoxy) is 12. The lowest BCUT2D eigenvalue weighted by atomic mass is 10.1. The Morgan fingerprint density at radius 1 is 0.446 bits per heavy atom. The van der Waals surface area contributed by atoms with E-state index in [1.807, 2.05) is 24.3 Å². The van der Waals surface area contributed by atoms with Crippen LogP contribution in [0.1, 0.15) is 22.3 Å². The Morgan fingerprint density at radius 2 is 0.738 bits per heavy atom. The smallest absolute Gasteiger partial charge is 0.264 e. The van der Waals surface area contributed by atoms with Gasteiger partial charge in [-0.2, -0.15) is 8.42 Å². The summed E-state index contributed by atoms with van der Waals surface area (Å²) in [6, 6.07) is 10.8. The van der Waals surface area contributed by atoms with Crippen molar-refractivity contribution in [1.82, 2.24) is 0 Å². The van der Waals surface area contributed by atoms with Crippen LogP contribution in [0.3, 0.4) is 0 Å². The zero-order valence-corrected chi connectivity index (χ0v) is 40.7. The molecule has 2 aromatic rings. The van der Waals surface area contributed by atoms with Gasteiger partial charge in [0.05, 0.1) is 151 Å². The van der Waals surface area contributed by atoms with Gasteiger partial charge in [0.2, 0.25) is 9.05 Å². The van der Waals surface area contributed by atoms with E-state index in [0.29, 0.717) is 168 Å². The van der Waals surface area contributed by atoms with Crippen molar-refractivity contribution >= 4 is 29.9 Å². The van der Waals surface area contributed by atoms with E-state index in [-0.39, 0.29) is 26.4 Å². The average Bonchev–Trinajstić information content (AvgIpc) is 3.26. The fourth-order valence-electron chi connectivity index (χ4n) is 4.77. The molecule has 0 atom stereocenters. The van der Waals surface area contributed by atoms with E-state index in [1.165, 1.54) is 0 Å². The fourth-order valence-corrected chi connectivity index (χ4v) is 5.16. The average molecular weight is 998 g/mol. The summed E-state index contributed by atoms with van der Waals surface area (Å²) >= 11 is 0. The maximum absolute atomic E-state index is 11.0. The predicted molar refractivity (Wildman–Crippen MR) is 242 cm³/mol. The van der Waals surface area contributed by atoms with E-state index >= 15 is 0 Å². The molecular formula is C42H73ClO20S2. The molecule has 0 bridgehead atoms. The predicted octanol–water partition coefficient (Wildman–Crippen LogP) is 1.78. The van der Waals surface area contributed by atoms with Gasteiger partial charge >= 0.3 is 0 Å². The minimum atomic E-state index is -3.46. The number of aliphatic hydroxyl groups excluding tert-OH is 3. The largest absolute Gasteiger partial charge is 0.491 e.